The van der Waals surface area contributed by atoms with Gasteiger partial charge in [0.1, 0.15) is 11.9 Å². The van der Waals surface area contributed by atoms with Crippen molar-refractivity contribution in [3.8, 4) is 0 Å². The van der Waals surface area contributed by atoms with Crippen LogP contribution in [0.2, 0.25) is 0 Å². The number of alkyl halides is 6. The molecule has 0 spiro atoms. The third-order valence-electron chi connectivity index (χ3n) is 8.22. The molecule has 312 valence electrons. The van der Waals surface area contributed by atoms with Gasteiger partial charge in [-0.3, -0.25) is 0 Å². The zero-order valence-corrected chi connectivity index (χ0v) is 36.3. The summed E-state index contributed by atoms with van der Waals surface area (Å²) < 4.78 is 63.1. The number of aliphatic carboxylic acids is 2. The van der Waals surface area contributed by atoms with Crippen LogP contribution in [0.5, 0.6) is 0 Å². The molecular formula is C46H42F6O4P2Pd. The normalized spacial score (nSPS) is 10.8. The van der Waals surface area contributed by atoms with Gasteiger partial charge in [-0.2, -0.15) is 26.3 Å². The van der Waals surface area contributed by atoms with Crippen LogP contribution >= 0.6 is 15.8 Å². The second-order valence-electron chi connectivity index (χ2n) is 13.3. The first-order valence-corrected chi connectivity index (χ1v) is 20.4. The number of hydrogen-bond acceptors (Lipinski definition) is 4. The average Bonchev–Trinajstić information content (AvgIpc) is 3.16. The van der Waals surface area contributed by atoms with Gasteiger partial charge in [0.05, 0.1) is 0 Å². The van der Waals surface area contributed by atoms with E-state index in [1.807, 2.05) is 0 Å². The summed E-state index contributed by atoms with van der Waals surface area (Å²) >= 11 is 0. The standard InChI is InChI=1S/2C21H21P.2C2HF3O2.Pd/c2*1-16-4-10-19(11-5-16)22(20-12-6-17(2)7-13-20)21-14-8-18(3)9-15-21;2*3-2(4,5)1(6)7;/h2*4-15H,1-3H3;2*(H,6,7);/q;;;;+2/p-2. The molecule has 0 radical (unpaired) electrons. The number of carbonyl (C=O) groups excluding carboxylic acids is 2. The summed E-state index contributed by atoms with van der Waals surface area (Å²) in [4.78, 5) is 17.6. The predicted molar refractivity (Wildman–Crippen MR) is 221 cm³/mol. The van der Waals surface area contributed by atoms with E-state index >= 15 is 0 Å². The number of carboxylic acids is 2. The summed E-state index contributed by atoms with van der Waals surface area (Å²) in [6.07, 6.45) is -10.4. The fourth-order valence-corrected chi connectivity index (χ4v) is 9.53. The Morgan fingerprint density at radius 3 is 0.525 bits per heavy atom. The molecule has 4 nitrogen and oxygen atoms in total. The Labute approximate surface area is 357 Å². The molecule has 0 unspecified atom stereocenters. The molecule has 0 aliphatic rings. The van der Waals surface area contributed by atoms with Crippen molar-refractivity contribution in [3.63, 3.8) is 0 Å². The molecule has 0 N–H and O–H groups in total. The van der Waals surface area contributed by atoms with Gasteiger partial charge < -0.3 is 19.8 Å². The van der Waals surface area contributed by atoms with Gasteiger partial charge in [-0.1, -0.05) is 179 Å². The smallest absolute Gasteiger partial charge is 0.542 e. The minimum absolute atomic E-state index is 0. The maximum atomic E-state index is 10.5. The first kappa shape index (κ1) is 50.5. The molecule has 0 heterocycles. The molecule has 0 saturated heterocycles. The van der Waals surface area contributed by atoms with Crippen molar-refractivity contribution in [1.29, 1.82) is 0 Å². The zero-order chi connectivity index (χ0) is 43.2. The Balaban J connectivity index is 0.000000306. The molecule has 59 heavy (non-hydrogen) atoms. The molecule has 6 aromatic rings. The third kappa shape index (κ3) is 16.9. The van der Waals surface area contributed by atoms with Gasteiger partial charge in [0, 0.05) is 0 Å². The van der Waals surface area contributed by atoms with Crippen LogP contribution in [0.3, 0.4) is 0 Å². The molecule has 6 rings (SSSR count). The first-order valence-electron chi connectivity index (χ1n) is 17.7. The summed E-state index contributed by atoms with van der Waals surface area (Å²) in [6.45, 7) is 12.9. The molecule has 0 saturated carbocycles. The number of carboxylic acid groups (broad SMARTS) is 2. The summed E-state index contributed by atoms with van der Waals surface area (Å²) in [5.74, 6) is -6.01. The third-order valence-corrected chi connectivity index (χ3v) is 13.1. The van der Waals surface area contributed by atoms with E-state index in [4.69, 9.17) is 19.8 Å². The molecule has 6 aromatic carbocycles. The van der Waals surface area contributed by atoms with Crippen LogP contribution in [-0.4, -0.2) is 24.3 Å². The van der Waals surface area contributed by atoms with Crippen molar-refractivity contribution in [3.05, 3.63) is 179 Å². The second-order valence-corrected chi connectivity index (χ2v) is 17.7. The Kier molecular flexibility index (Phi) is 19.9. The quantitative estimate of drug-likeness (QED) is 0.0996. The van der Waals surface area contributed by atoms with Crippen molar-refractivity contribution < 1.29 is 66.6 Å². The maximum Gasteiger partial charge on any atom is 2.00 e. The molecule has 0 bridgehead atoms. The average molecular weight is 941 g/mol. The topological polar surface area (TPSA) is 80.3 Å². The van der Waals surface area contributed by atoms with E-state index in [1.54, 1.807) is 0 Å². The summed E-state index contributed by atoms with van der Waals surface area (Å²) in [6, 6.07) is 53.9. The van der Waals surface area contributed by atoms with Gasteiger partial charge >= 0.3 is 32.8 Å². The number of benzene rings is 6. The molecular weight excluding hydrogens is 899 g/mol. The number of aryl methyl sites for hydroxylation is 6. The Hall–Kier alpha value is -4.64. The molecule has 0 aromatic heterocycles. The van der Waals surface area contributed by atoms with Crippen LogP contribution < -0.4 is 42.0 Å². The van der Waals surface area contributed by atoms with Crippen molar-refractivity contribution >= 4 is 59.6 Å². The predicted octanol–water partition coefficient (Wildman–Crippen LogP) is 7.33. The van der Waals surface area contributed by atoms with Crippen LogP contribution in [0.15, 0.2) is 146 Å². The number of rotatable bonds is 6. The van der Waals surface area contributed by atoms with E-state index in [9.17, 15) is 26.3 Å². The van der Waals surface area contributed by atoms with E-state index in [2.05, 4.69) is 187 Å². The van der Waals surface area contributed by atoms with Crippen molar-refractivity contribution in [1.82, 2.24) is 0 Å². The van der Waals surface area contributed by atoms with E-state index in [-0.39, 0.29) is 20.4 Å². The Bertz CT molecular complexity index is 1820. The van der Waals surface area contributed by atoms with Gasteiger partial charge in [0.15, 0.2) is 0 Å². The van der Waals surface area contributed by atoms with Crippen molar-refractivity contribution in [2.45, 2.75) is 53.9 Å². The minimum atomic E-state index is -5.19. The molecule has 0 atom stereocenters. The van der Waals surface area contributed by atoms with Gasteiger partial charge in [-0.25, -0.2) is 0 Å². The molecule has 13 heteroatoms. The van der Waals surface area contributed by atoms with E-state index < -0.39 is 40.1 Å². The number of halogens is 6. The molecule has 0 fully saturated rings. The zero-order valence-electron chi connectivity index (χ0n) is 33.0. The Morgan fingerprint density at radius 1 is 0.339 bits per heavy atom. The SMILES string of the molecule is Cc1ccc(P(c2ccc(C)cc2)c2ccc(C)cc2)cc1.Cc1ccc(P(c2ccc(C)cc2)c2ccc(C)cc2)cc1.O=C([O-])C(F)(F)F.O=C([O-])C(F)(F)F.[Pd+2]. The van der Waals surface area contributed by atoms with E-state index in [0.717, 1.165) is 0 Å². The summed E-state index contributed by atoms with van der Waals surface area (Å²) in [5.41, 5.74) is 7.87. The maximum absolute atomic E-state index is 10.5. The largest absolute Gasteiger partial charge is 2.00 e. The number of hydrogen-bond donors (Lipinski definition) is 0. The fourth-order valence-electron chi connectivity index (χ4n) is 5.06. The number of carbonyl (C=O) groups is 2. The molecule has 0 aliphatic carbocycles. The van der Waals surface area contributed by atoms with E-state index in [1.165, 1.54) is 65.2 Å². The minimum Gasteiger partial charge on any atom is -0.542 e. The van der Waals surface area contributed by atoms with Crippen LogP contribution in [0, 0.1) is 41.5 Å². The fraction of sp³-hybridized carbons (Fsp3) is 0.174. The first-order chi connectivity index (χ1) is 27.1. The van der Waals surface area contributed by atoms with Gasteiger partial charge in [0.25, 0.3) is 0 Å². The van der Waals surface area contributed by atoms with Crippen molar-refractivity contribution in [2.24, 2.45) is 0 Å². The van der Waals surface area contributed by atoms with Crippen LogP contribution in [-0.2, 0) is 30.0 Å². The molecule has 0 amide bonds. The van der Waals surface area contributed by atoms with Crippen LogP contribution in [0.4, 0.5) is 26.3 Å². The summed E-state index contributed by atoms with van der Waals surface area (Å²) in [7, 11) is -0.966. The Morgan fingerprint density at radius 2 is 0.441 bits per heavy atom. The second kappa shape index (κ2) is 23.2. The van der Waals surface area contributed by atoms with Gasteiger partial charge in [-0.15, -0.1) is 0 Å². The van der Waals surface area contributed by atoms with Crippen LogP contribution in [0.1, 0.15) is 33.4 Å². The van der Waals surface area contributed by atoms with Crippen LogP contribution in [0.25, 0.3) is 0 Å². The molecule has 0 aliphatic heterocycles. The van der Waals surface area contributed by atoms with Gasteiger partial charge in [0.2, 0.25) is 0 Å². The van der Waals surface area contributed by atoms with E-state index in [0.29, 0.717) is 0 Å². The van der Waals surface area contributed by atoms with Gasteiger partial charge in [-0.05, 0) is 89.2 Å². The monoisotopic (exact) mass is 940 g/mol. The van der Waals surface area contributed by atoms with Crippen molar-refractivity contribution in [2.75, 3.05) is 0 Å². The summed E-state index contributed by atoms with van der Waals surface area (Å²) in [5, 5.41) is 26.0.